The Bertz CT molecular complexity index is 766. The highest BCUT2D eigenvalue weighted by molar-refractivity contribution is 5.26. The predicted molar refractivity (Wildman–Crippen MR) is 131 cm³/mol. The highest BCUT2D eigenvalue weighted by Gasteiger charge is 2.68. The number of hydrogen-bond acceptors (Lipinski definition) is 1. The second-order valence-electron chi connectivity index (χ2n) is 14.8. The van der Waals surface area contributed by atoms with Crippen molar-refractivity contribution >= 4 is 0 Å². The Kier molecular flexibility index (Phi) is 4.82. The minimum Gasteiger partial charge on any atom is -0.393 e. The van der Waals surface area contributed by atoms with Crippen molar-refractivity contribution in [3.63, 3.8) is 0 Å². The zero-order valence-corrected chi connectivity index (χ0v) is 21.8. The Hall–Kier alpha value is -0.300. The van der Waals surface area contributed by atoms with Crippen LogP contribution in [-0.4, -0.2) is 11.2 Å². The van der Waals surface area contributed by atoms with Crippen LogP contribution in [0.1, 0.15) is 107 Å². The quantitative estimate of drug-likeness (QED) is 0.390. The average molecular weight is 427 g/mol. The van der Waals surface area contributed by atoms with Crippen LogP contribution >= 0.6 is 0 Å². The Balaban J connectivity index is 1.59. The largest absolute Gasteiger partial charge is 0.393 e. The summed E-state index contributed by atoms with van der Waals surface area (Å²) in [5.41, 5.74) is 1.71. The van der Waals surface area contributed by atoms with Gasteiger partial charge in [-0.15, -0.1) is 0 Å². The Labute approximate surface area is 192 Å². The van der Waals surface area contributed by atoms with E-state index in [0.29, 0.717) is 33.5 Å². The first-order valence-corrected chi connectivity index (χ1v) is 13.7. The minimum absolute atomic E-state index is 0.0401. The summed E-state index contributed by atoms with van der Waals surface area (Å²) in [4.78, 5) is 0. The van der Waals surface area contributed by atoms with E-state index in [0.717, 1.165) is 30.1 Å². The molecule has 0 bridgehead atoms. The lowest BCUT2D eigenvalue weighted by Crippen LogP contribution is -2.66. The summed E-state index contributed by atoms with van der Waals surface area (Å²) in [5, 5.41) is 10.9. The molecule has 5 rings (SSSR count). The third-order valence-corrected chi connectivity index (χ3v) is 13.5. The molecule has 11 atom stereocenters. The first-order chi connectivity index (χ1) is 14.3. The molecule has 5 aliphatic carbocycles. The first-order valence-electron chi connectivity index (χ1n) is 13.7. The first kappa shape index (κ1) is 22.5. The van der Waals surface area contributed by atoms with E-state index >= 15 is 0 Å². The number of fused-ring (bicyclic) bond motifs is 7. The molecule has 0 saturated heterocycles. The van der Waals surface area contributed by atoms with Gasteiger partial charge in [0.1, 0.15) is 0 Å². The topological polar surface area (TPSA) is 20.2 Å². The van der Waals surface area contributed by atoms with Crippen LogP contribution in [0.5, 0.6) is 0 Å². The molecule has 0 aromatic heterocycles. The lowest BCUT2D eigenvalue weighted by Gasteiger charge is -2.72. The standard InChI is InChI=1S/C30H50O/c1-19-11-14-27(5)17-18-29(7)21(25(27)20(19)2)9-10-23-28(6)15-13-24(31)26(3,4)22(28)12-16-30(23,29)8/h9-10,19-25,31H,11-18H2,1-8H3/t19-,20+,21-,22-,23-,24+,25-,27-,28+,29-,30-/m1/s1. The van der Waals surface area contributed by atoms with Gasteiger partial charge in [-0.25, -0.2) is 0 Å². The molecule has 4 fully saturated rings. The predicted octanol–water partition coefficient (Wildman–Crippen LogP) is 7.88. The Morgan fingerprint density at radius 3 is 2.16 bits per heavy atom. The van der Waals surface area contributed by atoms with Crippen LogP contribution in [0, 0.1) is 62.6 Å². The summed E-state index contributed by atoms with van der Waals surface area (Å²) in [5.74, 6) is 4.59. The summed E-state index contributed by atoms with van der Waals surface area (Å²) < 4.78 is 0. The normalized spacial score (nSPS) is 60.4. The van der Waals surface area contributed by atoms with Crippen molar-refractivity contribution in [3.8, 4) is 0 Å². The molecule has 176 valence electrons. The summed E-state index contributed by atoms with van der Waals surface area (Å²) in [7, 11) is 0. The number of hydrogen-bond donors (Lipinski definition) is 1. The second kappa shape index (κ2) is 6.64. The van der Waals surface area contributed by atoms with Gasteiger partial charge in [-0.2, -0.15) is 0 Å². The maximum Gasteiger partial charge on any atom is 0.0594 e. The molecule has 0 amide bonds. The smallest absolute Gasteiger partial charge is 0.0594 e. The molecule has 0 heterocycles. The molecular weight excluding hydrogens is 376 g/mol. The zero-order chi connectivity index (χ0) is 22.6. The van der Waals surface area contributed by atoms with Gasteiger partial charge >= 0.3 is 0 Å². The second-order valence-corrected chi connectivity index (χ2v) is 14.8. The number of aliphatic hydroxyl groups excluding tert-OH is 1. The number of rotatable bonds is 0. The summed E-state index contributed by atoms with van der Waals surface area (Å²) in [6.45, 7) is 20.5. The highest BCUT2D eigenvalue weighted by Crippen LogP contribution is 2.75. The molecule has 0 aliphatic heterocycles. The average Bonchev–Trinajstić information content (AvgIpc) is 2.69. The van der Waals surface area contributed by atoms with Crippen LogP contribution in [0.25, 0.3) is 0 Å². The van der Waals surface area contributed by atoms with Gasteiger partial charge in [0, 0.05) is 0 Å². The molecule has 4 saturated carbocycles. The Morgan fingerprint density at radius 2 is 1.45 bits per heavy atom. The molecule has 1 nitrogen and oxygen atoms in total. The molecule has 0 aromatic rings. The lowest BCUT2D eigenvalue weighted by molar-refractivity contribution is -0.219. The monoisotopic (exact) mass is 426 g/mol. The maximum absolute atomic E-state index is 10.9. The fraction of sp³-hybridized carbons (Fsp3) is 0.933. The Morgan fingerprint density at radius 1 is 0.742 bits per heavy atom. The van der Waals surface area contributed by atoms with Gasteiger partial charge in [0.2, 0.25) is 0 Å². The van der Waals surface area contributed by atoms with Crippen molar-refractivity contribution in [2.45, 2.75) is 113 Å². The van der Waals surface area contributed by atoms with Gasteiger partial charge in [0.05, 0.1) is 6.10 Å². The molecule has 0 radical (unpaired) electrons. The van der Waals surface area contributed by atoms with E-state index in [9.17, 15) is 5.11 Å². The number of allylic oxidation sites excluding steroid dienone is 2. The van der Waals surface area contributed by atoms with Crippen LogP contribution in [-0.2, 0) is 0 Å². The third-order valence-electron chi connectivity index (χ3n) is 13.5. The molecule has 31 heavy (non-hydrogen) atoms. The summed E-state index contributed by atoms with van der Waals surface area (Å²) in [6, 6.07) is 0. The van der Waals surface area contributed by atoms with Crippen molar-refractivity contribution in [1.82, 2.24) is 0 Å². The van der Waals surface area contributed by atoms with Crippen molar-refractivity contribution in [2.75, 3.05) is 0 Å². The van der Waals surface area contributed by atoms with Gasteiger partial charge in [0.15, 0.2) is 0 Å². The summed E-state index contributed by atoms with van der Waals surface area (Å²) in [6.07, 6.45) is 15.9. The molecule has 1 N–H and O–H groups in total. The van der Waals surface area contributed by atoms with Gasteiger partial charge in [-0.3, -0.25) is 0 Å². The van der Waals surface area contributed by atoms with Gasteiger partial charge in [-0.1, -0.05) is 67.5 Å². The maximum atomic E-state index is 10.9. The van der Waals surface area contributed by atoms with E-state index < -0.39 is 0 Å². The van der Waals surface area contributed by atoms with Crippen LogP contribution in [0.3, 0.4) is 0 Å². The van der Waals surface area contributed by atoms with Crippen LogP contribution in [0.15, 0.2) is 12.2 Å². The fourth-order valence-corrected chi connectivity index (χ4v) is 10.9. The SMILES string of the molecule is C[C@@H]1[C@@H]2[C@H]3C=C[C@@H]4[C@@]5(C)CC[C@H](O)C(C)(C)[C@H]5CC[C@@]4(C)[C@]3(C)CC[C@@]2(C)CC[C@H]1C. The molecule has 1 heteroatoms. The molecule has 0 spiro atoms. The van der Waals surface area contributed by atoms with Crippen LogP contribution in [0.2, 0.25) is 0 Å². The van der Waals surface area contributed by atoms with Gasteiger partial charge in [0.25, 0.3) is 0 Å². The molecular formula is C30H50O. The van der Waals surface area contributed by atoms with E-state index in [1.165, 1.54) is 44.9 Å². The van der Waals surface area contributed by atoms with Crippen molar-refractivity contribution in [2.24, 2.45) is 62.6 Å². The fourth-order valence-electron chi connectivity index (χ4n) is 10.9. The lowest BCUT2D eigenvalue weighted by atomic mass is 9.32. The zero-order valence-electron chi connectivity index (χ0n) is 21.8. The van der Waals surface area contributed by atoms with Crippen molar-refractivity contribution in [1.29, 1.82) is 0 Å². The van der Waals surface area contributed by atoms with Crippen molar-refractivity contribution in [3.05, 3.63) is 12.2 Å². The molecule has 0 aromatic carbocycles. The third kappa shape index (κ3) is 2.65. The molecule has 0 unspecified atom stereocenters. The van der Waals surface area contributed by atoms with Gasteiger partial charge < -0.3 is 5.11 Å². The molecule has 5 aliphatic rings. The van der Waals surface area contributed by atoms with Crippen LogP contribution < -0.4 is 0 Å². The van der Waals surface area contributed by atoms with E-state index in [1.807, 2.05) is 0 Å². The van der Waals surface area contributed by atoms with E-state index in [2.05, 4.69) is 67.5 Å². The van der Waals surface area contributed by atoms with Crippen LogP contribution in [0.4, 0.5) is 0 Å². The summed E-state index contributed by atoms with van der Waals surface area (Å²) >= 11 is 0. The van der Waals surface area contributed by atoms with E-state index in [4.69, 9.17) is 0 Å². The van der Waals surface area contributed by atoms with E-state index in [-0.39, 0.29) is 11.5 Å². The highest BCUT2D eigenvalue weighted by atomic mass is 16.3. The van der Waals surface area contributed by atoms with E-state index in [1.54, 1.807) is 0 Å². The number of aliphatic hydroxyl groups is 1. The minimum atomic E-state index is -0.134. The van der Waals surface area contributed by atoms with Crippen molar-refractivity contribution < 1.29 is 5.11 Å². The van der Waals surface area contributed by atoms with Gasteiger partial charge in [-0.05, 0) is 114 Å².